The maximum atomic E-state index is 13.6. The lowest BCUT2D eigenvalue weighted by Gasteiger charge is -2.02. The summed E-state index contributed by atoms with van der Waals surface area (Å²) in [7, 11) is 0. The fourth-order valence-corrected chi connectivity index (χ4v) is 3.00. The van der Waals surface area contributed by atoms with Crippen LogP contribution in [0.1, 0.15) is 0 Å². The molecule has 0 unspecified atom stereocenters. The molecule has 18 heavy (non-hydrogen) atoms. The molecule has 4 nitrogen and oxygen atoms in total. The van der Waals surface area contributed by atoms with Crippen molar-refractivity contribution in [2.75, 3.05) is 0 Å². The average Bonchev–Trinajstić information content (AvgIpc) is 2.72. The van der Waals surface area contributed by atoms with Crippen molar-refractivity contribution >= 4 is 37.5 Å². The van der Waals surface area contributed by atoms with Crippen LogP contribution in [0.25, 0.3) is 21.6 Å². The summed E-state index contributed by atoms with van der Waals surface area (Å²) >= 11 is 4.65. The van der Waals surface area contributed by atoms with Gasteiger partial charge >= 0.3 is 0 Å². The van der Waals surface area contributed by atoms with Gasteiger partial charge in [-0.25, -0.2) is 9.37 Å². The van der Waals surface area contributed by atoms with E-state index in [9.17, 15) is 9.50 Å². The molecule has 3 aromatic heterocycles. The van der Waals surface area contributed by atoms with Gasteiger partial charge in [0.2, 0.25) is 5.88 Å². The molecule has 0 aliphatic carbocycles. The van der Waals surface area contributed by atoms with Crippen LogP contribution in [-0.2, 0) is 0 Å². The molecule has 7 heteroatoms. The summed E-state index contributed by atoms with van der Waals surface area (Å²) in [6, 6.07) is 1.47. The first-order valence-corrected chi connectivity index (χ1v) is 6.57. The third-order valence-electron chi connectivity index (χ3n) is 2.37. The molecule has 0 aromatic carbocycles. The molecule has 3 heterocycles. The zero-order chi connectivity index (χ0) is 12.7. The summed E-state index contributed by atoms with van der Waals surface area (Å²) in [5.74, 6) is -0.538. The number of hydrogen-bond acceptors (Lipinski definition) is 5. The Morgan fingerprint density at radius 3 is 2.94 bits per heavy atom. The molecule has 90 valence electrons. The van der Waals surface area contributed by atoms with Crippen LogP contribution < -0.4 is 0 Å². The molecule has 0 bridgehead atoms. The number of rotatable bonds is 1. The smallest absolute Gasteiger partial charge is 0.233 e. The van der Waals surface area contributed by atoms with Gasteiger partial charge in [0.1, 0.15) is 10.2 Å². The molecular weight excluding hydrogens is 321 g/mol. The van der Waals surface area contributed by atoms with Crippen LogP contribution in [0.5, 0.6) is 5.88 Å². The summed E-state index contributed by atoms with van der Waals surface area (Å²) < 4.78 is 14.9. The van der Waals surface area contributed by atoms with E-state index in [1.54, 1.807) is 5.38 Å². The molecule has 0 saturated heterocycles. The number of aromatic nitrogens is 3. The van der Waals surface area contributed by atoms with Gasteiger partial charge < -0.3 is 5.11 Å². The second-order valence-electron chi connectivity index (χ2n) is 3.49. The van der Waals surface area contributed by atoms with Gasteiger partial charge in [0.25, 0.3) is 0 Å². The van der Waals surface area contributed by atoms with E-state index < -0.39 is 5.82 Å². The fraction of sp³-hybridized carbons (Fsp3) is 0. The Morgan fingerprint density at radius 1 is 1.33 bits per heavy atom. The molecule has 1 N–H and O–H groups in total. The molecule has 0 atom stereocenters. The lowest BCUT2D eigenvalue weighted by Crippen LogP contribution is -1.93. The van der Waals surface area contributed by atoms with E-state index in [1.165, 1.54) is 23.6 Å². The second-order valence-corrected chi connectivity index (χ2v) is 5.22. The van der Waals surface area contributed by atoms with Crippen LogP contribution in [0.2, 0.25) is 0 Å². The van der Waals surface area contributed by atoms with Crippen molar-refractivity contribution in [3.05, 3.63) is 34.1 Å². The van der Waals surface area contributed by atoms with Gasteiger partial charge in [-0.05, 0) is 22.0 Å². The van der Waals surface area contributed by atoms with Gasteiger partial charge in [0.05, 0.1) is 16.2 Å². The van der Waals surface area contributed by atoms with Gasteiger partial charge in [-0.1, -0.05) is 0 Å². The summed E-state index contributed by atoms with van der Waals surface area (Å²) in [5, 5.41) is 11.6. The highest BCUT2D eigenvalue weighted by molar-refractivity contribution is 9.10. The topological polar surface area (TPSA) is 58.9 Å². The SMILES string of the molecule is Oc1nc(-c2ccncc2F)nc2c(Br)csc12. The number of nitrogens with zero attached hydrogens (tertiary/aromatic N) is 3. The van der Waals surface area contributed by atoms with Crippen molar-refractivity contribution in [1.29, 1.82) is 0 Å². The molecule has 0 amide bonds. The van der Waals surface area contributed by atoms with E-state index in [4.69, 9.17) is 0 Å². The van der Waals surface area contributed by atoms with Crippen LogP contribution in [0.15, 0.2) is 28.3 Å². The van der Waals surface area contributed by atoms with Gasteiger partial charge in [-0.15, -0.1) is 11.3 Å². The Balaban J connectivity index is 2.31. The largest absolute Gasteiger partial charge is 0.492 e. The first kappa shape index (κ1) is 11.5. The van der Waals surface area contributed by atoms with Gasteiger partial charge in [-0.2, -0.15) is 4.98 Å². The van der Waals surface area contributed by atoms with Gasteiger partial charge in [0, 0.05) is 11.6 Å². The lowest BCUT2D eigenvalue weighted by molar-refractivity contribution is 0.461. The highest BCUT2D eigenvalue weighted by atomic mass is 79.9. The number of hydrogen-bond donors (Lipinski definition) is 1. The maximum Gasteiger partial charge on any atom is 0.233 e. The van der Waals surface area contributed by atoms with Gasteiger partial charge in [-0.3, -0.25) is 4.98 Å². The predicted molar refractivity (Wildman–Crippen MR) is 70.0 cm³/mol. The van der Waals surface area contributed by atoms with Crippen molar-refractivity contribution in [3.63, 3.8) is 0 Å². The van der Waals surface area contributed by atoms with Crippen molar-refractivity contribution in [2.24, 2.45) is 0 Å². The molecular formula is C11H5BrFN3OS. The lowest BCUT2D eigenvalue weighted by atomic mass is 10.2. The summed E-state index contributed by atoms with van der Waals surface area (Å²) in [5.41, 5.74) is 0.777. The number of pyridine rings is 1. The molecule has 0 aliphatic rings. The molecule has 0 radical (unpaired) electrons. The van der Waals surface area contributed by atoms with E-state index in [2.05, 4.69) is 30.9 Å². The van der Waals surface area contributed by atoms with Crippen LogP contribution in [-0.4, -0.2) is 20.1 Å². The minimum absolute atomic E-state index is 0.138. The number of halogens is 2. The Labute approximate surface area is 113 Å². The minimum Gasteiger partial charge on any atom is -0.492 e. The van der Waals surface area contributed by atoms with Crippen molar-refractivity contribution in [1.82, 2.24) is 15.0 Å². The highest BCUT2D eigenvalue weighted by Crippen LogP contribution is 2.35. The Bertz CT molecular complexity index is 746. The highest BCUT2D eigenvalue weighted by Gasteiger charge is 2.14. The summed E-state index contributed by atoms with van der Waals surface area (Å²) in [4.78, 5) is 11.8. The molecule has 3 rings (SSSR count). The normalized spacial score (nSPS) is 11.0. The fourth-order valence-electron chi connectivity index (χ4n) is 1.55. The van der Waals surface area contributed by atoms with Crippen molar-refractivity contribution < 1.29 is 9.50 Å². The standard InChI is InChI=1S/C11H5BrFN3OS/c12-6-4-18-9-8(6)15-10(16-11(9)17)5-1-2-14-3-7(5)13/h1-4H,(H,15,16,17). The molecule has 0 fully saturated rings. The second kappa shape index (κ2) is 4.25. The van der Waals surface area contributed by atoms with Crippen molar-refractivity contribution in [3.8, 4) is 17.3 Å². The van der Waals surface area contributed by atoms with E-state index in [0.717, 1.165) is 10.7 Å². The number of aromatic hydroxyl groups is 1. The number of fused-ring (bicyclic) bond motifs is 1. The number of thiophene rings is 1. The minimum atomic E-state index is -0.525. The average molecular weight is 326 g/mol. The predicted octanol–water partition coefficient (Wildman–Crippen LogP) is 3.36. The summed E-state index contributed by atoms with van der Waals surface area (Å²) in [6.45, 7) is 0. The molecule has 0 spiro atoms. The third-order valence-corrected chi connectivity index (χ3v) is 4.24. The van der Waals surface area contributed by atoms with Crippen LogP contribution in [0.3, 0.4) is 0 Å². The first-order chi connectivity index (χ1) is 8.66. The summed E-state index contributed by atoms with van der Waals surface area (Å²) in [6.07, 6.45) is 2.54. The molecule has 0 aliphatic heterocycles. The Kier molecular flexibility index (Phi) is 2.71. The molecule has 0 saturated carbocycles. The third kappa shape index (κ3) is 1.75. The zero-order valence-electron chi connectivity index (χ0n) is 8.76. The van der Waals surface area contributed by atoms with Crippen molar-refractivity contribution in [2.45, 2.75) is 0 Å². The Morgan fingerprint density at radius 2 is 2.17 bits per heavy atom. The van der Waals surface area contributed by atoms with Crippen LogP contribution in [0, 0.1) is 5.82 Å². The maximum absolute atomic E-state index is 13.6. The monoisotopic (exact) mass is 325 g/mol. The van der Waals surface area contributed by atoms with Crippen LogP contribution in [0.4, 0.5) is 4.39 Å². The molecule has 3 aromatic rings. The van der Waals surface area contributed by atoms with E-state index >= 15 is 0 Å². The zero-order valence-corrected chi connectivity index (χ0v) is 11.2. The van der Waals surface area contributed by atoms with E-state index in [0.29, 0.717) is 10.2 Å². The van der Waals surface area contributed by atoms with E-state index in [1.807, 2.05) is 0 Å². The van der Waals surface area contributed by atoms with Crippen LogP contribution >= 0.6 is 27.3 Å². The van der Waals surface area contributed by atoms with E-state index in [-0.39, 0.29) is 17.3 Å². The Hall–Kier alpha value is -1.60. The van der Waals surface area contributed by atoms with Gasteiger partial charge in [0.15, 0.2) is 11.6 Å². The quantitative estimate of drug-likeness (QED) is 0.745. The first-order valence-electron chi connectivity index (χ1n) is 4.90.